The van der Waals surface area contributed by atoms with Crippen LogP contribution in [0, 0.1) is 0 Å². The highest BCUT2D eigenvalue weighted by molar-refractivity contribution is 7.18. The van der Waals surface area contributed by atoms with Crippen molar-refractivity contribution in [2.45, 2.75) is 57.9 Å². The van der Waals surface area contributed by atoms with E-state index in [1.165, 1.54) is 46.2 Å². The van der Waals surface area contributed by atoms with Crippen molar-refractivity contribution in [3.8, 4) is 0 Å². The van der Waals surface area contributed by atoms with Crippen molar-refractivity contribution in [1.82, 2.24) is 9.55 Å². The van der Waals surface area contributed by atoms with Crippen LogP contribution in [-0.2, 0) is 39.9 Å². The Morgan fingerprint density at radius 1 is 1.24 bits per heavy atom. The molecule has 1 aromatic carbocycles. The summed E-state index contributed by atoms with van der Waals surface area (Å²) < 4.78 is 45.7. The van der Waals surface area contributed by atoms with Gasteiger partial charge in [-0.2, -0.15) is 13.2 Å². The van der Waals surface area contributed by atoms with Crippen molar-refractivity contribution in [3.63, 3.8) is 0 Å². The van der Waals surface area contributed by atoms with E-state index in [-0.39, 0.29) is 18.5 Å². The first-order valence-corrected chi connectivity index (χ1v) is 11.6. The van der Waals surface area contributed by atoms with E-state index in [4.69, 9.17) is 4.74 Å². The number of aromatic nitrogens is 2. The number of esters is 1. The number of para-hydroxylation sites is 1. The first kappa shape index (κ1) is 23.9. The molecule has 0 radical (unpaired) electrons. The molecule has 0 saturated carbocycles. The number of carbonyl (C=O) groups is 2. The number of nitrogens with zero attached hydrogens (tertiary/aromatic N) is 2. The fourth-order valence-electron chi connectivity index (χ4n) is 3.94. The van der Waals surface area contributed by atoms with Crippen LogP contribution in [0.2, 0.25) is 0 Å². The molecule has 34 heavy (non-hydrogen) atoms. The Labute approximate surface area is 196 Å². The number of ether oxygens (including phenoxy) is 1. The van der Waals surface area contributed by atoms with E-state index in [2.05, 4.69) is 10.3 Å². The molecule has 7 nitrogen and oxygen atoms in total. The summed E-state index contributed by atoms with van der Waals surface area (Å²) in [6.07, 6.45) is -0.887. The maximum Gasteiger partial charge on any atom is 0.418 e. The largest absolute Gasteiger partial charge is 0.452 e. The van der Waals surface area contributed by atoms with Crippen molar-refractivity contribution in [2.24, 2.45) is 0 Å². The Hall–Kier alpha value is -3.21. The number of nitrogens with one attached hydrogen (secondary N) is 1. The molecule has 0 fully saturated rings. The van der Waals surface area contributed by atoms with Crippen LogP contribution in [0.4, 0.5) is 18.9 Å². The van der Waals surface area contributed by atoms with Gasteiger partial charge in [-0.25, -0.2) is 4.98 Å². The predicted octanol–water partition coefficient (Wildman–Crippen LogP) is 4.32. The van der Waals surface area contributed by atoms with Crippen molar-refractivity contribution in [2.75, 3.05) is 5.32 Å². The normalized spacial score (nSPS) is 14.5. The summed E-state index contributed by atoms with van der Waals surface area (Å²) in [5, 5.41) is 2.75. The van der Waals surface area contributed by atoms with E-state index < -0.39 is 35.4 Å². The summed E-state index contributed by atoms with van der Waals surface area (Å²) in [6, 6.07) is 4.53. The number of alkyl halides is 3. The maximum absolute atomic E-state index is 13.1. The third-order valence-corrected chi connectivity index (χ3v) is 6.87. The van der Waals surface area contributed by atoms with Crippen LogP contribution in [0.1, 0.15) is 42.2 Å². The van der Waals surface area contributed by atoms with Crippen LogP contribution < -0.4 is 10.9 Å². The summed E-state index contributed by atoms with van der Waals surface area (Å²) in [5.41, 5.74) is -0.593. The third-order valence-electron chi connectivity index (χ3n) is 5.67. The van der Waals surface area contributed by atoms with Gasteiger partial charge in [0.05, 0.1) is 29.4 Å². The van der Waals surface area contributed by atoms with Crippen LogP contribution in [0.5, 0.6) is 0 Å². The smallest absolute Gasteiger partial charge is 0.418 e. The average Bonchev–Trinajstić information content (AvgIpc) is 3.17. The second kappa shape index (κ2) is 9.57. The highest BCUT2D eigenvalue weighted by atomic mass is 32.1. The number of benzene rings is 1. The van der Waals surface area contributed by atoms with Gasteiger partial charge in [-0.1, -0.05) is 12.1 Å². The van der Waals surface area contributed by atoms with Crippen LogP contribution in [0.25, 0.3) is 10.2 Å². The lowest BCUT2D eigenvalue weighted by Gasteiger charge is -2.17. The standard InChI is InChI=1S/C23H22F3N3O4S/c1-13(20(31)28-16-8-4-3-7-15(16)23(24,25)26)33-18(30)10-11-29-12-27-21-19(22(29)32)14-6-2-5-9-17(14)34-21/h3-4,7-8,12-13H,2,5-6,9-11H2,1H3,(H,28,31). The fourth-order valence-corrected chi connectivity index (χ4v) is 5.15. The van der Waals surface area contributed by atoms with E-state index >= 15 is 0 Å². The molecule has 0 bridgehead atoms. The number of halogens is 3. The number of hydrogen-bond acceptors (Lipinski definition) is 6. The van der Waals surface area contributed by atoms with Crippen molar-refractivity contribution in [1.29, 1.82) is 0 Å². The van der Waals surface area contributed by atoms with E-state index in [0.29, 0.717) is 10.2 Å². The molecule has 1 atom stereocenters. The third kappa shape index (κ3) is 4.98. The van der Waals surface area contributed by atoms with E-state index in [1.807, 2.05) is 0 Å². The molecule has 0 saturated heterocycles. The molecule has 2 heterocycles. The van der Waals surface area contributed by atoms with E-state index in [0.717, 1.165) is 43.4 Å². The van der Waals surface area contributed by atoms with Gasteiger partial charge in [-0.05, 0) is 50.3 Å². The number of anilines is 1. The molecule has 4 rings (SSSR count). The lowest BCUT2D eigenvalue weighted by molar-refractivity contribution is -0.153. The number of thiophene rings is 1. The van der Waals surface area contributed by atoms with Gasteiger partial charge < -0.3 is 10.1 Å². The lowest BCUT2D eigenvalue weighted by atomic mass is 9.97. The van der Waals surface area contributed by atoms with Gasteiger partial charge >= 0.3 is 12.1 Å². The minimum atomic E-state index is -4.64. The first-order chi connectivity index (χ1) is 16.1. The number of hydrogen-bond donors (Lipinski definition) is 1. The summed E-state index contributed by atoms with van der Waals surface area (Å²) in [7, 11) is 0. The van der Waals surface area contributed by atoms with Crippen molar-refractivity contribution >= 4 is 39.1 Å². The van der Waals surface area contributed by atoms with Gasteiger partial charge in [0.25, 0.3) is 11.5 Å². The Kier molecular flexibility index (Phi) is 6.74. The zero-order chi connectivity index (χ0) is 24.5. The highest BCUT2D eigenvalue weighted by Crippen LogP contribution is 2.35. The minimum Gasteiger partial charge on any atom is -0.452 e. The molecule has 3 aromatic rings. The zero-order valence-corrected chi connectivity index (χ0v) is 19.1. The fraction of sp³-hybridized carbons (Fsp3) is 0.391. The molecule has 1 aliphatic rings. The molecule has 1 amide bonds. The SMILES string of the molecule is CC(OC(=O)CCn1cnc2sc3c(c2c1=O)CCCC3)C(=O)Nc1ccccc1C(F)(F)F. The van der Waals surface area contributed by atoms with Gasteiger partial charge in [0.2, 0.25) is 0 Å². The van der Waals surface area contributed by atoms with Gasteiger partial charge in [0, 0.05) is 11.4 Å². The topological polar surface area (TPSA) is 90.3 Å². The van der Waals surface area contributed by atoms with Crippen LogP contribution in [-0.4, -0.2) is 27.5 Å². The molecule has 180 valence electrons. The number of fused-ring (bicyclic) bond motifs is 3. The van der Waals surface area contributed by atoms with E-state index in [1.54, 1.807) is 0 Å². The Bertz CT molecular complexity index is 1300. The van der Waals surface area contributed by atoms with Crippen LogP contribution >= 0.6 is 11.3 Å². The summed E-state index contributed by atoms with van der Waals surface area (Å²) in [4.78, 5) is 43.7. The summed E-state index contributed by atoms with van der Waals surface area (Å²) in [5.74, 6) is -1.65. The quantitative estimate of drug-likeness (QED) is 0.517. The monoisotopic (exact) mass is 493 g/mol. The molecule has 1 unspecified atom stereocenters. The zero-order valence-electron chi connectivity index (χ0n) is 18.3. The van der Waals surface area contributed by atoms with Gasteiger partial charge in [0.1, 0.15) is 4.83 Å². The van der Waals surface area contributed by atoms with Gasteiger partial charge in [0.15, 0.2) is 6.10 Å². The second-order valence-electron chi connectivity index (χ2n) is 8.05. The van der Waals surface area contributed by atoms with Gasteiger partial charge in [-0.3, -0.25) is 19.0 Å². The van der Waals surface area contributed by atoms with Crippen molar-refractivity contribution < 1.29 is 27.5 Å². The Morgan fingerprint density at radius 3 is 2.74 bits per heavy atom. The number of carbonyl (C=O) groups excluding carboxylic acids is 2. The first-order valence-electron chi connectivity index (χ1n) is 10.8. The van der Waals surface area contributed by atoms with Crippen LogP contribution in [0.15, 0.2) is 35.4 Å². The molecule has 0 spiro atoms. The Morgan fingerprint density at radius 2 is 1.97 bits per heavy atom. The summed E-state index contributed by atoms with van der Waals surface area (Å²) in [6.45, 7) is 1.28. The Balaban J connectivity index is 1.38. The predicted molar refractivity (Wildman–Crippen MR) is 121 cm³/mol. The lowest BCUT2D eigenvalue weighted by Crippen LogP contribution is -2.31. The molecular formula is C23H22F3N3O4S. The molecule has 2 aromatic heterocycles. The van der Waals surface area contributed by atoms with E-state index in [9.17, 15) is 27.6 Å². The molecule has 0 aliphatic heterocycles. The number of rotatable bonds is 6. The van der Waals surface area contributed by atoms with Crippen molar-refractivity contribution in [3.05, 3.63) is 57.0 Å². The molecule has 1 N–H and O–H groups in total. The maximum atomic E-state index is 13.1. The number of aryl methyl sites for hydroxylation is 3. The van der Waals surface area contributed by atoms with Crippen LogP contribution in [0.3, 0.4) is 0 Å². The minimum absolute atomic E-state index is 0.0104. The average molecular weight is 494 g/mol. The highest BCUT2D eigenvalue weighted by Gasteiger charge is 2.34. The second-order valence-corrected chi connectivity index (χ2v) is 9.13. The van der Waals surface area contributed by atoms with Gasteiger partial charge in [-0.15, -0.1) is 11.3 Å². The number of amides is 1. The molecule has 1 aliphatic carbocycles. The molecule has 11 heteroatoms. The summed E-state index contributed by atoms with van der Waals surface area (Å²) >= 11 is 1.53. The molecular weight excluding hydrogens is 471 g/mol.